The summed E-state index contributed by atoms with van der Waals surface area (Å²) < 4.78 is 0. The molecular formula is C16H24N2O3. The van der Waals surface area contributed by atoms with Crippen LogP contribution in [-0.4, -0.2) is 30.2 Å². The molecule has 0 spiro atoms. The Morgan fingerprint density at radius 3 is 2.52 bits per heavy atom. The van der Waals surface area contributed by atoms with Crippen molar-refractivity contribution in [2.45, 2.75) is 33.1 Å². The standard InChI is InChI=1S/C16H24N2O3/c1-12-6-3-4-8-14(12)9-11-18-16(21)17-10-5-7-13(2)15(19)20/h3-4,6,8,13H,5,7,9-11H2,1-2H3,(H,19,20)(H2,17,18,21). The number of aliphatic carboxylic acids is 1. The van der Waals surface area contributed by atoms with Crippen LogP contribution < -0.4 is 10.6 Å². The van der Waals surface area contributed by atoms with E-state index in [0.717, 1.165) is 6.42 Å². The van der Waals surface area contributed by atoms with E-state index < -0.39 is 5.97 Å². The zero-order chi connectivity index (χ0) is 15.7. The summed E-state index contributed by atoms with van der Waals surface area (Å²) in [7, 11) is 0. The first-order chi connectivity index (χ1) is 10.0. The number of benzene rings is 1. The lowest BCUT2D eigenvalue weighted by Crippen LogP contribution is -2.37. The number of carbonyl (C=O) groups is 2. The van der Waals surface area contributed by atoms with Gasteiger partial charge in [-0.1, -0.05) is 31.2 Å². The third-order valence-electron chi connectivity index (χ3n) is 3.46. The van der Waals surface area contributed by atoms with Crippen LogP contribution in [0.25, 0.3) is 0 Å². The Hall–Kier alpha value is -2.04. The highest BCUT2D eigenvalue weighted by Crippen LogP contribution is 2.06. The summed E-state index contributed by atoms with van der Waals surface area (Å²) in [4.78, 5) is 22.2. The molecule has 0 aliphatic heterocycles. The van der Waals surface area contributed by atoms with Crippen molar-refractivity contribution in [2.75, 3.05) is 13.1 Å². The van der Waals surface area contributed by atoms with Crippen LogP contribution in [0.2, 0.25) is 0 Å². The van der Waals surface area contributed by atoms with Gasteiger partial charge in [-0.05, 0) is 37.3 Å². The average molecular weight is 292 g/mol. The molecule has 0 bridgehead atoms. The maximum absolute atomic E-state index is 11.6. The van der Waals surface area contributed by atoms with Crippen molar-refractivity contribution >= 4 is 12.0 Å². The molecule has 0 heterocycles. The van der Waals surface area contributed by atoms with Crippen LogP contribution in [0.3, 0.4) is 0 Å². The zero-order valence-electron chi connectivity index (χ0n) is 12.7. The summed E-state index contributed by atoms with van der Waals surface area (Å²) in [5.41, 5.74) is 2.45. The predicted octanol–water partition coefficient (Wildman–Crippen LogP) is 2.34. The topological polar surface area (TPSA) is 78.4 Å². The van der Waals surface area contributed by atoms with Crippen molar-refractivity contribution in [1.82, 2.24) is 10.6 Å². The van der Waals surface area contributed by atoms with Crippen molar-refractivity contribution in [2.24, 2.45) is 5.92 Å². The minimum absolute atomic E-state index is 0.202. The normalized spacial score (nSPS) is 11.7. The Bertz CT molecular complexity index is 474. The first kappa shape index (κ1) is 17.0. The first-order valence-corrected chi connectivity index (χ1v) is 7.29. The van der Waals surface area contributed by atoms with Gasteiger partial charge in [0.05, 0.1) is 5.92 Å². The van der Waals surface area contributed by atoms with E-state index in [1.54, 1.807) is 6.92 Å². The van der Waals surface area contributed by atoms with E-state index in [4.69, 9.17) is 5.11 Å². The molecule has 1 unspecified atom stereocenters. The van der Waals surface area contributed by atoms with Gasteiger partial charge in [-0.15, -0.1) is 0 Å². The molecule has 0 aliphatic rings. The molecule has 5 heteroatoms. The third-order valence-corrected chi connectivity index (χ3v) is 3.46. The molecule has 5 nitrogen and oxygen atoms in total. The second-order valence-electron chi connectivity index (χ2n) is 5.24. The zero-order valence-corrected chi connectivity index (χ0v) is 12.7. The Balaban J connectivity index is 2.12. The molecule has 1 aromatic carbocycles. The number of carbonyl (C=O) groups excluding carboxylic acids is 1. The van der Waals surface area contributed by atoms with Gasteiger partial charge in [0.25, 0.3) is 0 Å². The number of carboxylic acids is 1. The van der Waals surface area contributed by atoms with Crippen molar-refractivity contribution in [3.8, 4) is 0 Å². The summed E-state index contributed by atoms with van der Waals surface area (Å²) in [5, 5.41) is 14.3. The number of hydrogen-bond donors (Lipinski definition) is 3. The van der Waals surface area contributed by atoms with E-state index in [-0.39, 0.29) is 11.9 Å². The van der Waals surface area contributed by atoms with Gasteiger partial charge in [0.1, 0.15) is 0 Å². The van der Waals surface area contributed by atoms with Crippen molar-refractivity contribution in [3.63, 3.8) is 0 Å². The first-order valence-electron chi connectivity index (χ1n) is 7.29. The smallest absolute Gasteiger partial charge is 0.314 e. The van der Waals surface area contributed by atoms with E-state index in [0.29, 0.717) is 25.9 Å². The minimum atomic E-state index is -0.794. The van der Waals surface area contributed by atoms with Crippen molar-refractivity contribution < 1.29 is 14.7 Å². The van der Waals surface area contributed by atoms with Gasteiger partial charge < -0.3 is 15.7 Å². The van der Waals surface area contributed by atoms with Gasteiger partial charge in [0, 0.05) is 13.1 Å². The molecule has 0 saturated heterocycles. The molecule has 0 saturated carbocycles. The Morgan fingerprint density at radius 1 is 1.19 bits per heavy atom. The van der Waals surface area contributed by atoms with Crippen LogP contribution in [0.5, 0.6) is 0 Å². The summed E-state index contributed by atoms with van der Waals surface area (Å²) in [6.45, 7) is 4.81. The summed E-state index contributed by atoms with van der Waals surface area (Å²) >= 11 is 0. The summed E-state index contributed by atoms with van der Waals surface area (Å²) in [5.74, 6) is -1.16. The maximum Gasteiger partial charge on any atom is 0.314 e. The fraction of sp³-hybridized carbons (Fsp3) is 0.500. The molecule has 0 aromatic heterocycles. The van der Waals surface area contributed by atoms with Crippen LogP contribution in [0, 0.1) is 12.8 Å². The molecule has 3 N–H and O–H groups in total. The van der Waals surface area contributed by atoms with E-state index >= 15 is 0 Å². The van der Waals surface area contributed by atoms with Crippen LogP contribution in [0.4, 0.5) is 4.79 Å². The number of rotatable bonds is 8. The second kappa shape index (κ2) is 9.00. The summed E-state index contributed by atoms with van der Waals surface area (Å²) in [6, 6.07) is 7.90. The number of aryl methyl sites for hydroxylation is 1. The third kappa shape index (κ3) is 6.79. The van der Waals surface area contributed by atoms with E-state index in [1.165, 1.54) is 11.1 Å². The van der Waals surface area contributed by atoms with Crippen molar-refractivity contribution in [3.05, 3.63) is 35.4 Å². The molecule has 1 rings (SSSR count). The monoisotopic (exact) mass is 292 g/mol. The average Bonchev–Trinajstić information content (AvgIpc) is 2.45. The highest BCUT2D eigenvalue weighted by Gasteiger charge is 2.09. The van der Waals surface area contributed by atoms with Crippen LogP contribution in [0.15, 0.2) is 24.3 Å². The number of amides is 2. The number of hydrogen-bond acceptors (Lipinski definition) is 2. The van der Waals surface area contributed by atoms with Gasteiger partial charge in [0.2, 0.25) is 0 Å². The fourth-order valence-corrected chi connectivity index (χ4v) is 2.00. The van der Waals surface area contributed by atoms with Crippen LogP contribution in [0.1, 0.15) is 30.9 Å². The molecule has 2 amide bonds. The van der Waals surface area contributed by atoms with Crippen LogP contribution in [-0.2, 0) is 11.2 Å². The maximum atomic E-state index is 11.6. The second-order valence-corrected chi connectivity index (χ2v) is 5.24. The van der Waals surface area contributed by atoms with Gasteiger partial charge in [-0.3, -0.25) is 4.79 Å². The van der Waals surface area contributed by atoms with Gasteiger partial charge >= 0.3 is 12.0 Å². The highest BCUT2D eigenvalue weighted by molar-refractivity contribution is 5.73. The van der Waals surface area contributed by atoms with Gasteiger partial charge in [0.15, 0.2) is 0 Å². The molecule has 1 atom stereocenters. The fourth-order valence-electron chi connectivity index (χ4n) is 2.00. The molecule has 0 aliphatic carbocycles. The van der Waals surface area contributed by atoms with Crippen molar-refractivity contribution in [1.29, 1.82) is 0 Å². The highest BCUT2D eigenvalue weighted by atomic mass is 16.4. The molecule has 0 fully saturated rings. The Morgan fingerprint density at radius 2 is 1.86 bits per heavy atom. The quantitative estimate of drug-likeness (QED) is 0.643. The number of nitrogens with one attached hydrogen (secondary N) is 2. The molecule has 116 valence electrons. The molecule has 21 heavy (non-hydrogen) atoms. The molecular weight excluding hydrogens is 268 g/mol. The van der Waals surface area contributed by atoms with E-state index in [1.807, 2.05) is 12.1 Å². The van der Waals surface area contributed by atoms with E-state index in [9.17, 15) is 9.59 Å². The van der Waals surface area contributed by atoms with Crippen LogP contribution >= 0.6 is 0 Å². The lowest BCUT2D eigenvalue weighted by Gasteiger charge is -2.10. The van der Waals surface area contributed by atoms with Gasteiger partial charge in [-0.25, -0.2) is 4.79 Å². The lowest BCUT2D eigenvalue weighted by molar-refractivity contribution is -0.141. The Kier molecular flexibility index (Phi) is 7.29. The Labute approximate surface area is 125 Å². The summed E-state index contributed by atoms with van der Waals surface area (Å²) in [6.07, 6.45) is 2.04. The number of urea groups is 1. The SMILES string of the molecule is Cc1ccccc1CCNC(=O)NCCCC(C)C(=O)O. The molecule has 1 aromatic rings. The number of carboxylic acid groups (broad SMARTS) is 1. The predicted molar refractivity (Wildman–Crippen MR) is 82.3 cm³/mol. The van der Waals surface area contributed by atoms with E-state index in [2.05, 4.69) is 29.7 Å². The lowest BCUT2D eigenvalue weighted by atomic mass is 10.1. The molecule has 0 radical (unpaired) electrons. The van der Waals surface area contributed by atoms with Gasteiger partial charge in [-0.2, -0.15) is 0 Å². The largest absolute Gasteiger partial charge is 0.481 e. The minimum Gasteiger partial charge on any atom is -0.481 e.